The van der Waals surface area contributed by atoms with Crippen LogP contribution in [0.1, 0.15) is 36.7 Å². The molecule has 0 aliphatic heterocycles. The number of hydrogen-bond donors (Lipinski definition) is 2. The van der Waals surface area contributed by atoms with E-state index in [9.17, 15) is 14.2 Å². The summed E-state index contributed by atoms with van der Waals surface area (Å²) in [7, 11) is -3.19. The molecule has 0 aliphatic carbocycles. The Balaban J connectivity index is 2.78. The van der Waals surface area contributed by atoms with Crippen molar-refractivity contribution in [2.75, 3.05) is 13.2 Å². The van der Waals surface area contributed by atoms with Crippen LogP contribution in [0.5, 0.6) is 0 Å². The monoisotopic (exact) mass is 343 g/mol. The summed E-state index contributed by atoms with van der Waals surface area (Å²) in [5, 5.41) is 11.1. The molecule has 0 bridgehead atoms. The van der Waals surface area contributed by atoms with Gasteiger partial charge in [-0.2, -0.15) is 0 Å². The van der Waals surface area contributed by atoms with Gasteiger partial charge in [-0.05, 0) is 38.5 Å². The normalized spacial score (nSPS) is 12.7. The van der Waals surface area contributed by atoms with Crippen molar-refractivity contribution in [3.8, 4) is 0 Å². The third-order valence-electron chi connectivity index (χ3n) is 2.96. The molecule has 0 aromatic heterocycles. The molecule has 1 aromatic rings. The van der Waals surface area contributed by atoms with Crippen molar-refractivity contribution in [3.63, 3.8) is 0 Å². The standard InChI is InChI=1S/C15H22NO6P/c1-4-21-23(20,22-5-2)10-12-6-8-13(9-7-12)14(17)16-11(3)15(18)19/h6-9,11H,4-5,10H2,1-3H3,(H,16,17)(H,18,19)/t11-/m1/s1. The number of carbonyl (C=O) groups excluding carboxylic acids is 1. The van der Waals surface area contributed by atoms with Gasteiger partial charge in [0.1, 0.15) is 6.04 Å². The predicted molar refractivity (Wildman–Crippen MR) is 85.6 cm³/mol. The maximum atomic E-state index is 12.4. The van der Waals surface area contributed by atoms with Crippen LogP contribution in [-0.2, 0) is 24.6 Å². The first-order valence-corrected chi connectivity index (χ1v) is 9.04. The molecule has 0 unspecified atom stereocenters. The summed E-state index contributed by atoms with van der Waals surface area (Å²) in [5.74, 6) is -1.59. The highest BCUT2D eigenvalue weighted by Crippen LogP contribution is 2.51. The number of nitrogens with one attached hydrogen (secondary N) is 1. The van der Waals surface area contributed by atoms with Crippen LogP contribution < -0.4 is 5.32 Å². The molecule has 0 saturated heterocycles. The largest absolute Gasteiger partial charge is 0.480 e. The van der Waals surface area contributed by atoms with Gasteiger partial charge in [0.25, 0.3) is 5.91 Å². The first-order valence-electron chi connectivity index (χ1n) is 7.32. The lowest BCUT2D eigenvalue weighted by atomic mass is 10.1. The molecule has 0 spiro atoms. The van der Waals surface area contributed by atoms with Crippen LogP contribution >= 0.6 is 7.60 Å². The van der Waals surface area contributed by atoms with E-state index in [1.54, 1.807) is 38.1 Å². The number of carbonyl (C=O) groups is 2. The summed E-state index contributed by atoms with van der Waals surface area (Å²) in [4.78, 5) is 22.6. The van der Waals surface area contributed by atoms with Crippen LogP contribution in [0.15, 0.2) is 24.3 Å². The summed E-state index contributed by atoms with van der Waals surface area (Å²) in [6.07, 6.45) is 0.113. The van der Waals surface area contributed by atoms with Gasteiger partial charge in [-0.3, -0.25) is 14.2 Å². The van der Waals surface area contributed by atoms with E-state index in [4.69, 9.17) is 14.2 Å². The van der Waals surface area contributed by atoms with E-state index in [-0.39, 0.29) is 19.4 Å². The van der Waals surface area contributed by atoms with Gasteiger partial charge >= 0.3 is 13.6 Å². The maximum absolute atomic E-state index is 12.4. The first-order chi connectivity index (χ1) is 10.8. The van der Waals surface area contributed by atoms with E-state index in [0.29, 0.717) is 11.1 Å². The molecule has 0 saturated carbocycles. The van der Waals surface area contributed by atoms with Crippen molar-refractivity contribution in [2.24, 2.45) is 0 Å². The molecule has 2 N–H and O–H groups in total. The highest BCUT2D eigenvalue weighted by atomic mass is 31.2. The second kappa shape index (κ2) is 8.82. The predicted octanol–water partition coefficient (Wildman–Crippen LogP) is 2.66. The number of carboxylic acid groups (broad SMARTS) is 1. The first kappa shape index (κ1) is 19.4. The molecule has 0 heterocycles. The van der Waals surface area contributed by atoms with Gasteiger partial charge in [-0.15, -0.1) is 0 Å². The molecule has 8 heteroatoms. The lowest BCUT2D eigenvalue weighted by Gasteiger charge is -2.17. The van der Waals surface area contributed by atoms with Crippen LogP contribution in [0.4, 0.5) is 0 Å². The van der Waals surface area contributed by atoms with E-state index in [1.165, 1.54) is 6.92 Å². The molecule has 128 valence electrons. The third-order valence-corrected chi connectivity index (χ3v) is 5.02. The van der Waals surface area contributed by atoms with Crippen LogP contribution in [0.25, 0.3) is 0 Å². The molecule has 1 rings (SSSR count). The lowest BCUT2D eigenvalue weighted by Crippen LogP contribution is -2.38. The number of hydrogen-bond acceptors (Lipinski definition) is 5. The van der Waals surface area contributed by atoms with Crippen molar-refractivity contribution in [3.05, 3.63) is 35.4 Å². The summed E-state index contributed by atoms with van der Waals surface area (Å²) in [5.41, 5.74) is 1.03. The summed E-state index contributed by atoms with van der Waals surface area (Å²) < 4.78 is 22.9. The fourth-order valence-corrected chi connectivity index (χ4v) is 3.55. The molecule has 7 nitrogen and oxygen atoms in total. The van der Waals surface area contributed by atoms with Crippen molar-refractivity contribution in [2.45, 2.75) is 33.0 Å². The summed E-state index contributed by atoms with van der Waals surface area (Å²) >= 11 is 0. The van der Waals surface area contributed by atoms with E-state index < -0.39 is 25.5 Å². The smallest absolute Gasteiger partial charge is 0.335 e. The molecular weight excluding hydrogens is 321 g/mol. The Morgan fingerprint density at radius 1 is 1.17 bits per heavy atom. The van der Waals surface area contributed by atoms with Gasteiger partial charge in [-0.25, -0.2) is 0 Å². The zero-order chi connectivity index (χ0) is 17.5. The van der Waals surface area contributed by atoms with Crippen LogP contribution in [-0.4, -0.2) is 36.2 Å². The minimum atomic E-state index is -3.19. The molecule has 23 heavy (non-hydrogen) atoms. The molecule has 1 amide bonds. The van der Waals surface area contributed by atoms with Gasteiger partial charge in [0.15, 0.2) is 0 Å². The molecular formula is C15H22NO6P. The highest BCUT2D eigenvalue weighted by molar-refractivity contribution is 7.53. The van der Waals surface area contributed by atoms with E-state index in [2.05, 4.69) is 5.32 Å². The van der Waals surface area contributed by atoms with Gasteiger partial charge in [0, 0.05) is 5.56 Å². The topological polar surface area (TPSA) is 102 Å². The minimum absolute atomic E-state index is 0.113. The van der Waals surface area contributed by atoms with Crippen LogP contribution in [0, 0.1) is 0 Å². The SMILES string of the molecule is CCOP(=O)(Cc1ccc(C(=O)N[C@H](C)C(=O)O)cc1)OCC. The highest BCUT2D eigenvalue weighted by Gasteiger charge is 2.24. The Bertz CT molecular complexity index is 576. The Labute approximate surface area is 135 Å². The van der Waals surface area contributed by atoms with E-state index >= 15 is 0 Å². The van der Waals surface area contributed by atoms with E-state index in [0.717, 1.165) is 0 Å². The number of aliphatic carboxylic acids is 1. The minimum Gasteiger partial charge on any atom is -0.480 e. The number of benzene rings is 1. The molecule has 1 aromatic carbocycles. The fraction of sp³-hybridized carbons (Fsp3) is 0.467. The number of carboxylic acids is 1. The summed E-state index contributed by atoms with van der Waals surface area (Å²) in [6, 6.07) is 5.40. The van der Waals surface area contributed by atoms with Crippen LogP contribution in [0.2, 0.25) is 0 Å². The van der Waals surface area contributed by atoms with E-state index in [1.807, 2.05) is 0 Å². The van der Waals surface area contributed by atoms with Crippen molar-refractivity contribution in [1.82, 2.24) is 5.32 Å². The van der Waals surface area contributed by atoms with Crippen molar-refractivity contribution < 1.29 is 28.3 Å². The Kier molecular flexibility index (Phi) is 7.42. The summed E-state index contributed by atoms with van der Waals surface area (Å²) in [6.45, 7) is 5.43. The van der Waals surface area contributed by atoms with Gasteiger partial charge in [-0.1, -0.05) is 12.1 Å². The van der Waals surface area contributed by atoms with Gasteiger partial charge in [0.05, 0.1) is 19.4 Å². The maximum Gasteiger partial charge on any atom is 0.335 e. The zero-order valence-electron chi connectivity index (χ0n) is 13.4. The van der Waals surface area contributed by atoms with Crippen molar-refractivity contribution in [1.29, 1.82) is 0 Å². The average Bonchev–Trinajstić information content (AvgIpc) is 2.48. The quantitative estimate of drug-likeness (QED) is 0.668. The second-order valence-corrected chi connectivity index (χ2v) is 6.89. The molecule has 0 aliphatic rings. The fourth-order valence-electron chi connectivity index (χ4n) is 1.85. The zero-order valence-corrected chi connectivity index (χ0v) is 14.3. The number of amides is 1. The Morgan fingerprint density at radius 3 is 2.13 bits per heavy atom. The van der Waals surface area contributed by atoms with Gasteiger partial charge in [0.2, 0.25) is 0 Å². The Morgan fingerprint density at radius 2 is 1.70 bits per heavy atom. The molecule has 0 radical (unpaired) electrons. The Hall–Kier alpha value is -1.69. The molecule has 1 atom stereocenters. The molecule has 0 fully saturated rings. The number of rotatable bonds is 9. The van der Waals surface area contributed by atoms with Crippen LogP contribution in [0.3, 0.4) is 0 Å². The van der Waals surface area contributed by atoms with Crippen molar-refractivity contribution >= 4 is 19.5 Å². The second-order valence-electron chi connectivity index (χ2n) is 4.83. The average molecular weight is 343 g/mol. The lowest BCUT2D eigenvalue weighted by molar-refractivity contribution is -0.138. The third kappa shape index (κ3) is 6.14. The van der Waals surface area contributed by atoms with Gasteiger partial charge < -0.3 is 19.5 Å².